The molecule has 0 fully saturated rings. The number of hydrogen-bond donors (Lipinski definition) is 0. The van der Waals surface area contributed by atoms with Crippen molar-refractivity contribution in [3.05, 3.63) is 59.4 Å². The molecule has 1 aliphatic heterocycles. The maximum Gasteiger partial charge on any atom is 0.264 e. The summed E-state index contributed by atoms with van der Waals surface area (Å²) in [6, 6.07) is 10.3. The van der Waals surface area contributed by atoms with E-state index >= 15 is 0 Å². The number of rotatable bonds is 3. The van der Waals surface area contributed by atoms with Gasteiger partial charge in [0.25, 0.3) is 10.0 Å². The molecule has 0 amide bonds. The summed E-state index contributed by atoms with van der Waals surface area (Å²) >= 11 is 0. The van der Waals surface area contributed by atoms with Crippen molar-refractivity contribution in [2.24, 2.45) is 0 Å². The second-order valence-electron chi connectivity index (χ2n) is 5.41. The van der Waals surface area contributed by atoms with E-state index < -0.39 is 15.8 Å². The molecule has 2 aromatic rings. The van der Waals surface area contributed by atoms with Gasteiger partial charge >= 0.3 is 0 Å². The van der Waals surface area contributed by atoms with Gasteiger partial charge in [-0.1, -0.05) is 19.1 Å². The minimum atomic E-state index is -3.78. The van der Waals surface area contributed by atoms with E-state index in [1.54, 1.807) is 24.3 Å². The van der Waals surface area contributed by atoms with Crippen LogP contribution in [0.2, 0.25) is 0 Å². The molecule has 0 bridgehead atoms. The zero-order valence-electron chi connectivity index (χ0n) is 12.6. The van der Waals surface area contributed by atoms with Crippen LogP contribution in [0.15, 0.2) is 47.4 Å². The predicted octanol–water partition coefficient (Wildman–Crippen LogP) is 3.17. The minimum absolute atomic E-state index is 0.0444. The molecule has 0 saturated carbocycles. The largest absolute Gasteiger partial charge is 0.294 e. The Morgan fingerprint density at radius 2 is 1.83 bits per heavy atom. The Balaban J connectivity index is 2.07. The first-order valence-electron chi connectivity index (χ1n) is 7.38. The number of nitrogens with zero attached hydrogens (tertiary/aromatic N) is 1. The van der Waals surface area contributed by atoms with Crippen molar-refractivity contribution >= 4 is 21.5 Å². The third kappa shape index (κ3) is 2.74. The number of carbonyl (C=O) groups is 1. The molecular formula is C17H16FNO3S. The first kappa shape index (κ1) is 15.7. The van der Waals surface area contributed by atoms with Crippen molar-refractivity contribution in [3.63, 3.8) is 0 Å². The van der Waals surface area contributed by atoms with Crippen LogP contribution in [0, 0.1) is 5.82 Å². The van der Waals surface area contributed by atoms with Gasteiger partial charge in [-0.25, -0.2) is 12.8 Å². The molecule has 4 nitrogen and oxygen atoms in total. The van der Waals surface area contributed by atoms with Crippen LogP contribution in [0.3, 0.4) is 0 Å². The Bertz CT molecular complexity index is 860. The monoisotopic (exact) mass is 333 g/mol. The number of sulfonamides is 1. The fraction of sp³-hybridized carbons (Fsp3) is 0.235. The third-order valence-electron chi connectivity index (χ3n) is 3.99. The molecule has 6 heteroatoms. The molecular weight excluding hydrogens is 317 g/mol. The number of benzene rings is 2. The molecule has 0 aromatic heterocycles. The molecule has 1 heterocycles. The molecule has 120 valence electrons. The Labute approximate surface area is 134 Å². The lowest BCUT2D eigenvalue weighted by atomic mass is 10.0. The molecule has 2 aromatic carbocycles. The fourth-order valence-corrected chi connectivity index (χ4v) is 4.17. The number of anilines is 1. The summed E-state index contributed by atoms with van der Waals surface area (Å²) in [4.78, 5) is 12.1. The molecule has 3 rings (SSSR count). The van der Waals surface area contributed by atoms with Gasteiger partial charge in [0.1, 0.15) is 5.82 Å². The lowest BCUT2D eigenvalue weighted by Gasteiger charge is -2.29. The number of aryl methyl sites for hydroxylation is 1. The van der Waals surface area contributed by atoms with E-state index in [1.165, 1.54) is 16.4 Å². The second-order valence-corrected chi connectivity index (χ2v) is 7.27. The topological polar surface area (TPSA) is 54.5 Å². The van der Waals surface area contributed by atoms with E-state index in [0.717, 1.165) is 18.1 Å². The highest BCUT2D eigenvalue weighted by molar-refractivity contribution is 7.92. The van der Waals surface area contributed by atoms with Crippen LogP contribution in [0.4, 0.5) is 10.1 Å². The van der Waals surface area contributed by atoms with E-state index in [0.29, 0.717) is 0 Å². The number of Topliss-reactive ketones (excluding diaryl/α,β-unsaturated/α-hetero) is 1. The molecule has 0 unspecified atom stereocenters. The van der Waals surface area contributed by atoms with Crippen molar-refractivity contribution in [2.75, 3.05) is 10.8 Å². The van der Waals surface area contributed by atoms with E-state index in [-0.39, 0.29) is 34.9 Å². The van der Waals surface area contributed by atoms with Crippen LogP contribution in [-0.2, 0) is 16.4 Å². The average Bonchev–Trinajstić information content (AvgIpc) is 2.55. The van der Waals surface area contributed by atoms with Crippen molar-refractivity contribution < 1.29 is 17.6 Å². The molecule has 0 saturated heterocycles. The number of fused-ring (bicyclic) bond motifs is 1. The van der Waals surface area contributed by atoms with E-state index in [2.05, 4.69) is 0 Å². The van der Waals surface area contributed by atoms with Gasteiger partial charge in [-0.3, -0.25) is 9.10 Å². The second kappa shape index (κ2) is 5.77. The molecule has 0 N–H and O–H groups in total. The highest BCUT2D eigenvalue weighted by Gasteiger charge is 2.32. The number of ketones is 1. The maximum absolute atomic E-state index is 13.4. The summed E-state index contributed by atoms with van der Waals surface area (Å²) in [5.41, 5.74) is 1.40. The highest BCUT2D eigenvalue weighted by Crippen LogP contribution is 2.32. The van der Waals surface area contributed by atoms with E-state index in [9.17, 15) is 17.6 Å². The summed E-state index contributed by atoms with van der Waals surface area (Å²) in [6.07, 6.45) is 0.864. The smallest absolute Gasteiger partial charge is 0.264 e. The molecule has 0 spiro atoms. The van der Waals surface area contributed by atoms with E-state index in [1.807, 2.05) is 6.92 Å². The average molecular weight is 333 g/mol. The molecule has 23 heavy (non-hydrogen) atoms. The van der Waals surface area contributed by atoms with Gasteiger partial charge in [-0.2, -0.15) is 0 Å². The highest BCUT2D eigenvalue weighted by atomic mass is 32.2. The summed E-state index contributed by atoms with van der Waals surface area (Å²) in [6.45, 7) is 2.06. The van der Waals surface area contributed by atoms with Gasteiger partial charge in [0.2, 0.25) is 0 Å². The third-order valence-corrected chi connectivity index (χ3v) is 5.82. The van der Waals surface area contributed by atoms with Crippen molar-refractivity contribution in [2.45, 2.75) is 24.7 Å². The first-order chi connectivity index (χ1) is 10.9. The van der Waals surface area contributed by atoms with Gasteiger partial charge in [-0.05, 0) is 42.3 Å². The van der Waals surface area contributed by atoms with Gasteiger partial charge in [-0.15, -0.1) is 0 Å². The Hall–Kier alpha value is -2.21. The summed E-state index contributed by atoms with van der Waals surface area (Å²) in [5, 5.41) is 0. The van der Waals surface area contributed by atoms with Crippen molar-refractivity contribution in [3.8, 4) is 0 Å². The van der Waals surface area contributed by atoms with Gasteiger partial charge in [0.15, 0.2) is 5.78 Å². The minimum Gasteiger partial charge on any atom is -0.294 e. The molecule has 0 radical (unpaired) electrons. The SMILES string of the molecule is CCc1ccc(S(=O)(=O)N2CCC(=O)c3cc(F)ccc32)cc1. The Morgan fingerprint density at radius 1 is 1.13 bits per heavy atom. The summed E-state index contributed by atoms with van der Waals surface area (Å²) in [7, 11) is -3.78. The van der Waals surface area contributed by atoms with Gasteiger partial charge < -0.3 is 0 Å². The summed E-state index contributed by atoms with van der Waals surface area (Å²) < 4.78 is 40.3. The Kier molecular flexibility index (Phi) is 3.93. The van der Waals surface area contributed by atoms with E-state index in [4.69, 9.17) is 0 Å². The van der Waals surface area contributed by atoms with Crippen LogP contribution in [0.25, 0.3) is 0 Å². The molecule has 1 aliphatic rings. The van der Waals surface area contributed by atoms with Crippen LogP contribution in [0.1, 0.15) is 29.3 Å². The zero-order chi connectivity index (χ0) is 16.6. The van der Waals surface area contributed by atoms with Crippen LogP contribution in [0.5, 0.6) is 0 Å². The van der Waals surface area contributed by atoms with Crippen molar-refractivity contribution in [1.82, 2.24) is 0 Å². The fourth-order valence-electron chi connectivity index (χ4n) is 2.68. The van der Waals surface area contributed by atoms with Gasteiger partial charge in [0, 0.05) is 18.5 Å². The van der Waals surface area contributed by atoms with Crippen molar-refractivity contribution in [1.29, 1.82) is 0 Å². The number of carbonyl (C=O) groups excluding carboxylic acids is 1. The molecule has 0 atom stereocenters. The summed E-state index contributed by atoms with van der Waals surface area (Å²) in [5.74, 6) is -0.795. The van der Waals surface area contributed by atoms with Crippen LogP contribution in [-0.4, -0.2) is 20.7 Å². The lowest BCUT2D eigenvalue weighted by Crippen LogP contribution is -2.37. The first-order valence-corrected chi connectivity index (χ1v) is 8.82. The maximum atomic E-state index is 13.4. The normalized spacial score (nSPS) is 14.7. The number of hydrogen-bond acceptors (Lipinski definition) is 3. The lowest BCUT2D eigenvalue weighted by molar-refractivity contribution is 0.0981. The van der Waals surface area contributed by atoms with Crippen LogP contribution < -0.4 is 4.31 Å². The number of halogens is 1. The zero-order valence-corrected chi connectivity index (χ0v) is 13.4. The predicted molar refractivity (Wildman–Crippen MR) is 85.7 cm³/mol. The quantitative estimate of drug-likeness (QED) is 0.867. The van der Waals surface area contributed by atoms with Crippen LogP contribution >= 0.6 is 0 Å². The molecule has 0 aliphatic carbocycles. The van der Waals surface area contributed by atoms with Gasteiger partial charge in [0.05, 0.1) is 10.6 Å². The standard InChI is InChI=1S/C17H16FNO3S/c1-2-12-3-6-14(7-4-12)23(21,22)19-10-9-17(20)15-11-13(18)5-8-16(15)19/h3-8,11H,2,9-10H2,1H3. The Morgan fingerprint density at radius 3 is 2.48 bits per heavy atom.